The summed E-state index contributed by atoms with van der Waals surface area (Å²) in [5, 5.41) is 3.59. The molecule has 1 aliphatic rings. The van der Waals surface area contributed by atoms with Crippen molar-refractivity contribution in [2.75, 3.05) is 6.54 Å². The Labute approximate surface area is 88.7 Å². The van der Waals surface area contributed by atoms with Crippen molar-refractivity contribution in [2.45, 2.75) is 52.0 Å². The van der Waals surface area contributed by atoms with E-state index in [1.54, 1.807) is 0 Å². The molecule has 1 heteroatoms. The molecule has 0 aromatic heterocycles. The van der Waals surface area contributed by atoms with Crippen LogP contribution in [0.2, 0.25) is 0 Å². The summed E-state index contributed by atoms with van der Waals surface area (Å²) in [4.78, 5) is 0. The minimum Gasteiger partial charge on any atom is -0.314 e. The maximum atomic E-state index is 5.33. The molecular formula is C13H23N. The lowest BCUT2D eigenvalue weighted by Gasteiger charge is -2.27. The lowest BCUT2D eigenvalue weighted by Crippen LogP contribution is -2.37. The highest BCUT2D eigenvalue weighted by Gasteiger charge is 2.29. The second-order valence-corrected chi connectivity index (χ2v) is 4.48. The Morgan fingerprint density at radius 3 is 2.79 bits per heavy atom. The van der Waals surface area contributed by atoms with Gasteiger partial charge in [-0.05, 0) is 31.2 Å². The lowest BCUT2D eigenvalue weighted by atomic mass is 9.87. The monoisotopic (exact) mass is 193 g/mol. The maximum Gasteiger partial charge on any atom is 0.0107 e. The fraction of sp³-hybridized carbons (Fsp3) is 0.846. The SMILES string of the molecule is C#CCCC(NCC)C1CCCC1C. The second kappa shape index (κ2) is 6.09. The molecule has 80 valence electrons. The molecular weight excluding hydrogens is 170 g/mol. The molecule has 0 radical (unpaired) electrons. The summed E-state index contributed by atoms with van der Waals surface area (Å²) in [7, 11) is 0. The van der Waals surface area contributed by atoms with E-state index in [1.165, 1.54) is 19.3 Å². The summed E-state index contributed by atoms with van der Waals surface area (Å²) in [5.74, 6) is 4.50. The van der Waals surface area contributed by atoms with Crippen LogP contribution in [0, 0.1) is 24.2 Å². The number of terminal acetylenes is 1. The molecule has 0 aromatic rings. The zero-order valence-corrected chi connectivity index (χ0v) is 9.55. The molecule has 0 heterocycles. The van der Waals surface area contributed by atoms with Gasteiger partial charge >= 0.3 is 0 Å². The molecule has 0 saturated heterocycles. The summed E-state index contributed by atoms with van der Waals surface area (Å²) >= 11 is 0. The van der Waals surface area contributed by atoms with Crippen LogP contribution in [0.3, 0.4) is 0 Å². The van der Waals surface area contributed by atoms with Gasteiger partial charge in [-0.2, -0.15) is 0 Å². The van der Waals surface area contributed by atoms with Crippen LogP contribution in [0.25, 0.3) is 0 Å². The van der Waals surface area contributed by atoms with Crippen LogP contribution in [-0.4, -0.2) is 12.6 Å². The van der Waals surface area contributed by atoms with Crippen molar-refractivity contribution in [3.8, 4) is 12.3 Å². The Bertz CT molecular complexity index is 192. The van der Waals surface area contributed by atoms with Crippen LogP contribution < -0.4 is 5.32 Å². The molecule has 3 atom stereocenters. The molecule has 0 aliphatic heterocycles. The fourth-order valence-electron chi connectivity index (χ4n) is 2.74. The van der Waals surface area contributed by atoms with Gasteiger partial charge in [0.05, 0.1) is 0 Å². The van der Waals surface area contributed by atoms with Crippen LogP contribution in [-0.2, 0) is 0 Å². The lowest BCUT2D eigenvalue weighted by molar-refractivity contribution is 0.289. The highest BCUT2D eigenvalue weighted by atomic mass is 14.9. The molecule has 0 amide bonds. The molecule has 0 bridgehead atoms. The average molecular weight is 193 g/mol. The molecule has 1 fully saturated rings. The van der Waals surface area contributed by atoms with Crippen LogP contribution in [0.5, 0.6) is 0 Å². The van der Waals surface area contributed by atoms with E-state index in [0.29, 0.717) is 6.04 Å². The van der Waals surface area contributed by atoms with Gasteiger partial charge in [-0.15, -0.1) is 12.3 Å². The van der Waals surface area contributed by atoms with E-state index in [0.717, 1.165) is 31.2 Å². The first-order valence-corrected chi connectivity index (χ1v) is 5.96. The van der Waals surface area contributed by atoms with E-state index in [4.69, 9.17) is 6.42 Å². The Kier molecular flexibility index (Phi) is 5.04. The van der Waals surface area contributed by atoms with E-state index < -0.39 is 0 Å². The van der Waals surface area contributed by atoms with E-state index in [9.17, 15) is 0 Å². The third kappa shape index (κ3) is 3.03. The van der Waals surface area contributed by atoms with Gasteiger partial charge in [-0.1, -0.05) is 26.7 Å². The number of hydrogen-bond donors (Lipinski definition) is 1. The Morgan fingerprint density at radius 1 is 1.50 bits per heavy atom. The van der Waals surface area contributed by atoms with Crippen LogP contribution in [0.1, 0.15) is 46.0 Å². The van der Waals surface area contributed by atoms with Crippen molar-refractivity contribution in [1.29, 1.82) is 0 Å². The van der Waals surface area contributed by atoms with Crippen molar-refractivity contribution in [2.24, 2.45) is 11.8 Å². The molecule has 1 nitrogen and oxygen atoms in total. The van der Waals surface area contributed by atoms with Crippen molar-refractivity contribution < 1.29 is 0 Å². The van der Waals surface area contributed by atoms with Gasteiger partial charge in [0.1, 0.15) is 0 Å². The highest BCUT2D eigenvalue weighted by molar-refractivity contribution is 4.90. The van der Waals surface area contributed by atoms with Gasteiger partial charge < -0.3 is 5.32 Å². The molecule has 1 saturated carbocycles. The van der Waals surface area contributed by atoms with E-state index in [2.05, 4.69) is 25.1 Å². The standard InChI is InChI=1S/C13H23N/c1-4-6-10-13(14-5-2)12-9-7-8-11(12)3/h1,11-14H,5-10H2,2-3H3. The fourth-order valence-corrected chi connectivity index (χ4v) is 2.74. The number of nitrogens with one attached hydrogen (secondary N) is 1. The Balaban J connectivity index is 2.44. The molecule has 1 rings (SSSR count). The Morgan fingerprint density at radius 2 is 2.29 bits per heavy atom. The molecule has 1 N–H and O–H groups in total. The summed E-state index contributed by atoms with van der Waals surface area (Å²) < 4.78 is 0. The van der Waals surface area contributed by atoms with E-state index in [-0.39, 0.29) is 0 Å². The zero-order valence-electron chi connectivity index (χ0n) is 9.55. The number of hydrogen-bond acceptors (Lipinski definition) is 1. The summed E-state index contributed by atoms with van der Waals surface area (Å²) in [6.07, 6.45) is 11.6. The van der Waals surface area contributed by atoms with Gasteiger partial charge in [0.2, 0.25) is 0 Å². The van der Waals surface area contributed by atoms with Crippen molar-refractivity contribution in [3.63, 3.8) is 0 Å². The summed E-state index contributed by atoms with van der Waals surface area (Å²) in [5.41, 5.74) is 0. The van der Waals surface area contributed by atoms with Crippen molar-refractivity contribution in [1.82, 2.24) is 5.32 Å². The summed E-state index contributed by atoms with van der Waals surface area (Å²) in [6.45, 7) is 5.64. The summed E-state index contributed by atoms with van der Waals surface area (Å²) in [6, 6.07) is 0.661. The second-order valence-electron chi connectivity index (χ2n) is 4.48. The largest absolute Gasteiger partial charge is 0.314 e. The van der Waals surface area contributed by atoms with Gasteiger partial charge in [0, 0.05) is 12.5 Å². The topological polar surface area (TPSA) is 12.0 Å². The zero-order chi connectivity index (χ0) is 10.4. The molecule has 3 unspecified atom stereocenters. The van der Waals surface area contributed by atoms with Crippen molar-refractivity contribution >= 4 is 0 Å². The minimum absolute atomic E-state index is 0.661. The van der Waals surface area contributed by atoms with Crippen LogP contribution >= 0.6 is 0 Å². The third-order valence-electron chi connectivity index (χ3n) is 3.51. The predicted octanol–water partition coefficient (Wildman–Crippen LogP) is 2.81. The average Bonchev–Trinajstić information content (AvgIpc) is 2.59. The van der Waals surface area contributed by atoms with Crippen molar-refractivity contribution in [3.05, 3.63) is 0 Å². The van der Waals surface area contributed by atoms with Gasteiger partial charge in [-0.3, -0.25) is 0 Å². The quantitative estimate of drug-likeness (QED) is 0.662. The van der Waals surface area contributed by atoms with Gasteiger partial charge in [-0.25, -0.2) is 0 Å². The third-order valence-corrected chi connectivity index (χ3v) is 3.51. The first kappa shape index (κ1) is 11.6. The van der Waals surface area contributed by atoms with Gasteiger partial charge in [0.15, 0.2) is 0 Å². The molecule has 0 spiro atoms. The molecule has 1 aliphatic carbocycles. The maximum absolute atomic E-state index is 5.33. The highest BCUT2D eigenvalue weighted by Crippen LogP contribution is 2.34. The van der Waals surface area contributed by atoms with E-state index >= 15 is 0 Å². The number of rotatable bonds is 5. The van der Waals surface area contributed by atoms with Gasteiger partial charge in [0.25, 0.3) is 0 Å². The first-order chi connectivity index (χ1) is 6.79. The van der Waals surface area contributed by atoms with Crippen LogP contribution in [0.4, 0.5) is 0 Å². The van der Waals surface area contributed by atoms with E-state index in [1.807, 2.05) is 0 Å². The smallest absolute Gasteiger partial charge is 0.0107 e. The first-order valence-electron chi connectivity index (χ1n) is 5.96. The predicted molar refractivity (Wildman–Crippen MR) is 62.0 cm³/mol. The molecule has 0 aromatic carbocycles. The molecule has 14 heavy (non-hydrogen) atoms. The van der Waals surface area contributed by atoms with Crippen LogP contribution in [0.15, 0.2) is 0 Å². The Hall–Kier alpha value is -0.480. The normalized spacial score (nSPS) is 28.6. The minimum atomic E-state index is 0.661.